The smallest absolute Gasteiger partial charge is 0.0376 e. The van der Waals surface area contributed by atoms with Crippen molar-refractivity contribution in [3.63, 3.8) is 0 Å². The lowest BCUT2D eigenvalue weighted by Gasteiger charge is -1.96. The molecule has 1 aliphatic rings. The first-order chi connectivity index (χ1) is 4.29. The molecule has 0 saturated carbocycles. The van der Waals surface area contributed by atoms with Crippen LogP contribution in [0.15, 0.2) is 10.3 Å². The molecule has 3 heteroatoms. The third-order valence-electron chi connectivity index (χ3n) is 0.971. The molecule has 9 heavy (non-hydrogen) atoms. The molecule has 0 bridgehead atoms. The second-order valence-corrected chi connectivity index (χ2v) is 4.57. The van der Waals surface area contributed by atoms with Crippen LogP contribution >= 0.6 is 23.5 Å². The summed E-state index contributed by atoms with van der Waals surface area (Å²) < 4.78 is 1.41. The fourth-order valence-corrected chi connectivity index (χ4v) is 3.16. The van der Waals surface area contributed by atoms with Crippen LogP contribution in [0, 0.1) is 0 Å². The van der Waals surface area contributed by atoms with E-state index < -0.39 is 0 Å². The molecule has 0 amide bonds. The van der Waals surface area contributed by atoms with Crippen LogP contribution in [-0.2, 0) is 0 Å². The van der Waals surface area contributed by atoms with Gasteiger partial charge in [-0.3, -0.25) is 0 Å². The molecule has 1 atom stereocenters. The van der Waals surface area contributed by atoms with Crippen molar-refractivity contribution in [2.24, 2.45) is 5.73 Å². The van der Waals surface area contributed by atoms with Gasteiger partial charge in [0, 0.05) is 21.8 Å². The second-order valence-electron chi connectivity index (χ2n) is 2.04. The average molecular weight is 161 g/mol. The summed E-state index contributed by atoms with van der Waals surface area (Å²) in [5.74, 6) is 2.51. The van der Waals surface area contributed by atoms with Gasteiger partial charge in [0.1, 0.15) is 0 Å². The molecule has 52 valence electrons. The van der Waals surface area contributed by atoms with Crippen molar-refractivity contribution in [3.8, 4) is 0 Å². The molecule has 1 aliphatic heterocycles. The van der Waals surface area contributed by atoms with E-state index in [-0.39, 0.29) is 6.04 Å². The largest absolute Gasteiger partial charge is 0.325 e. The fraction of sp³-hybridized carbons (Fsp3) is 0.667. The predicted octanol–water partition coefficient (Wildman–Crippen LogP) is 1.66. The summed E-state index contributed by atoms with van der Waals surface area (Å²) in [6, 6.07) is 0.220. The van der Waals surface area contributed by atoms with Crippen molar-refractivity contribution in [3.05, 3.63) is 10.3 Å². The molecule has 1 rings (SSSR count). The van der Waals surface area contributed by atoms with Crippen molar-refractivity contribution in [2.45, 2.75) is 13.0 Å². The van der Waals surface area contributed by atoms with Gasteiger partial charge in [0.05, 0.1) is 0 Å². The Bertz CT molecular complexity index is 112. The van der Waals surface area contributed by atoms with Gasteiger partial charge in [0.25, 0.3) is 0 Å². The van der Waals surface area contributed by atoms with Crippen molar-refractivity contribution >= 4 is 23.5 Å². The normalized spacial score (nSPS) is 22.2. The maximum absolute atomic E-state index is 5.57. The monoisotopic (exact) mass is 161 g/mol. The third kappa shape index (κ3) is 2.65. The molecule has 0 aromatic rings. The zero-order valence-electron chi connectivity index (χ0n) is 5.46. The Labute approximate surface area is 64.5 Å². The zero-order valence-corrected chi connectivity index (χ0v) is 7.10. The lowest BCUT2D eigenvalue weighted by molar-refractivity contribution is 0.927. The summed E-state index contributed by atoms with van der Waals surface area (Å²) in [7, 11) is 0. The van der Waals surface area contributed by atoms with E-state index in [0.717, 1.165) is 0 Å². The molecule has 1 unspecified atom stereocenters. The Kier molecular flexibility index (Phi) is 2.95. The predicted molar refractivity (Wildman–Crippen MR) is 46.6 cm³/mol. The number of thioether (sulfide) groups is 2. The van der Waals surface area contributed by atoms with Crippen LogP contribution in [0.1, 0.15) is 6.92 Å². The number of hydrogen-bond acceptors (Lipinski definition) is 3. The Morgan fingerprint density at radius 2 is 2.11 bits per heavy atom. The molecule has 2 N–H and O–H groups in total. The van der Waals surface area contributed by atoms with Gasteiger partial charge in [0.15, 0.2) is 0 Å². The first kappa shape index (κ1) is 7.51. The van der Waals surface area contributed by atoms with Crippen LogP contribution in [0.3, 0.4) is 0 Å². The third-order valence-corrected chi connectivity index (χ3v) is 3.59. The SMILES string of the molecule is CC(N)C=C1SCCS1. The fourth-order valence-electron chi connectivity index (χ4n) is 0.637. The minimum absolute atomic E-state index is 0.220. The quantitative estimate of drug-likeness (QED) is 0.633. The highest BCUT2D eigenvalue weighted by molar-refractivity contribution is 8.25. The second kappa shape index (κ2) is 3.54. The highest BCUT2D eigenvalue weighted by Gasteiger charge is 2.07. The van der Waals surface area contributed by atoms with Crippen LogP contribution in [-0.4, -0.2) is 17.5 Å². The highest BCUT2D eigenvalue weighted by Crippen LogP contribution is 2.35. The van der Waals surface area contributed by atoms with Crippen molar-refractivity contribution in [1.29, 1.82) is 0 Å². The van der Waals surface area contributed by atoms with Crippen molar-refractivity contribution in [2.75, 3.05) is 11.5 Å². The van der Waals surface area contributed by atoms with Crippen molar-refractivity contribution < 1.29 is 0 Å². The summed E-state index contributed by atoms with van der Waals surface area (Å²) in [5, 5.41) is 0. The van der Waals surface area contributed by atoms with Gasteiger partial charge < -0.3 is 5.73 Å². The van der Waals surface area contributed by atoms with Crippen molar-refractivity contribution in [1.82, 2.24) is 0 Å². The first-order valence-corrected chi connectivity index (χ1v) is 4.99. The zero-order chi connectivity index (χ0) is 6.69. The molecular weight excluding hydrogens is 150 g/mol. The van der Waals surface area contributed by atoms with E-state index in [4.69, 9.17) is 5.73 Å². The van der Waals surface area contributed by atoms with Crippen LogP contribution in [0.2, 0.25) is 0 Å². The van der Waals surface area contributed by atoms with Gasteiger partial charge in [-0.1, -0.05) is 0 Å². The summed E-state index contributed by atoms with van der Waals surface area (Å²) in [5.41, 5.74) is 5.57. The van der Waals surface area contributed by atoms with E-state index in [0.29, 0.717) is 0 Å². The lowest BCUT2D eigenvalue weighted by atomic mass is 10.4. The van der Waals surface area contributed by atoms with Crippen LogP contribution in [0.25, 0.3) is 0 Å². The maximum atomic E-state index is 5.57. The van der Waals surface area contributed by atoms with Gasteiger partial charge >= 0.3 is 0 Å². The Balaban J connectivity index is 2.39. The molecule has 0 aliphatic carbocycles. The minimum Gasteiger partial charge on any atom is -0.325 e. The van der Waals surface area contributed by atoms with Gasteiger partial charge in [-0.2, -0.15) is 0 Å². The first-order valence-electron chi connectivity index (χ1n) is 3.02. The van der Waals surface area contributed by atoms with E-state index in [1.807, 2.05) is 30.4 Å². The van der Waals surface area contributed by atoms with Crippen LogP contribution in [0.5, 0.6) is 0 Å². The van der Waals surface area contributed by atoms with Gasteiger partial charge in [0.2, 0.25) is 0 Å². The molecule has 1 heterocycles. The summed E-state index contributed by atoms with van der Waals surface area (Å²) in [6.07, 6.45) is 2.13. The van der Waals surface area contributed by atoms with E-state index in [1.54, 1.807) is 0 Å². The Morgan fingerprint density at radius 3 is 2.56 bits per heavy atom. The topological polar surface area (TPSA) is 26.0 Å². The Morgan fingerprint density at radius 1 is 1.56 bits per heavy atom. The summed E-state index contributed by atoms with van der Waals surface area (Å²) >= 11 is 3.83. The molecule has 0 spiro atoms. The number of hydrogen-bond donors (Lipinski definition) is 1. The van der Waals surface area contributed by atoms with Gasteiger partial charge in [-0.25, -0.2) is 0 Å². The van der Waals surface area contributed by atoms with E-state index >= 15 is 0 Å². The molecule has 0 aromatic heterocycles. The standard InChI is InChI=1S/C6H11NS2/c1-5(7)4-6-8-2-3-9-6/h4-5H,2-3,7H2,1H3. The summed E-state index contributed by atoms with van der Waals surface area (Å²) in [4.78, 5) is 0. The average Bonchev–Trinajstić information content (AvgIpc) is 2.15. The van der Waals surface area contributed by atoms with Crippen LogP contribution < -0.4 is 5.73 Å². The van der Waals surface area contributed by atoms with E-state index in [2.05, 4.69) is 6.08 Å². The van der Waals surface area contributed by atoms with Crippen LogP contribution in [0.4, 0.5) is 0 Å². The lowest BCUT2D eigenvalue weighted by Crippen LogP contribution is -2.10. The van der Waals surface area contributed by atoms with E-state index in [1.165, 1.54) is 15.7 Å². The minimum atomic E-state index is 0.220. The molecular formula is C6H11NS2. The molecule has 1 fully saturated rings. The van der Waals surface area contributed by atoms with Gasteiger partial charge in [-0.15, -0.1) is 23.5 Å². The van der Waals surface area contributed by atoms with Gasteiger partial charge in [-0.05, 0) is 13.0 Å². The molecule has 0 radical (unpaired) electrons. The highest BCUT2D eigenvalue weighted by atomic mass is 32.2. The molecule has 0 aromatic carbocycles. The maximum Gasteiger partial charge on any atom is 0.0376 e. The number of rotatable bonds is 1. The molecule has 1 saturated heterocycles. The van der Waals surface area contributed by atoms with E-state index in [9.17, 15) is 0 Å². The number of nitrogens with two attached hydrogens (primary N) is 1. The molecule has 1 nitrogen and oxygen atoms in total. The Hall–Kier alpha value is 0.400. The summed E-state index contributed by atoms with van der Waals surface area (Å²) in [6.45, 7) is 2.01.